The molecule has 0 aliphatic carbocycles. The van der Waals surface area contributed by atoms with Crippen molar-refractivity contribution >= 4 is 23.3 Å². The Balaban J connectivity index is 1.72. The number of carboxylic acids is 1. The summed E-state index contributed by atoms with van der Waals surface area (Å²) in [5.74, 6) is 1.20. The Morgan fingerprint density at radius 2 is 1.52 bits per heavy atom. The first kappa shape index (κ1) is 20.6. The molecule has 0 saturated carbocycles. The van der Waals surface area contributed by atoms with E-state index in [1.807, 2.05) is 42.5 Å². The average molecular weight is 407 g/mol. The molecule has 0 saturated heterocycles. The molecule has 0 aliphatic heterocycles. The minimum Gasteiger partial charge on any atom is -0.497 e. The zero-order chi connectivity index (χ0) is 20.5. The van der Waals surface area contributed by atoms with Crippen molar-refractivity contribution in [1.29, 1.82) is 0 Å². The number of ether oxygens (including phenoxy) is 2. The summed E-state index contributed by atoms with van der Waals surface area (Å²) in [5.41, 5.74) is 3.47. The maximum Gasteiger partial charge on any atom is 0.341 e. The number of aliphatic carboxylic acids is 1. The Hall–Kier alpha value is -3.18. The fourth-order valence-corrected chi connectivity index (χ4v) is 3.56. The third kappa shape index (κ3) is 6.16. The van der Waals surface area contributed by atoms with Crippen molar-refractivity contribution in [3.05, 3.63) is 96.1 Å². The second-order valence-corrected chi connectivity index (χ2v) is 7.27. The summed E-state index contributed by atoms with van der Waals surface area (Å²) in [7, 11) is 1.66. The van der Waals surface area contributed by atoms with Gasteiger partial charge in [0, 0.05) is 10.6 Å². The van der Waals surface area contributed by atoms with Gasteiger partial charge in [0.25, 0.3) is 0 Å². The molecule has 0 spiro atoms. The quantitative estimate of drug-likeness (QED) is 0.483. The number of carbonyl (C=O) groups is 1. The monoisotopic (exact) mass is 406 g/mol. The van der Waals surface area contributed by atoms with Gasteiger partial charge in [-0.25, -0.2) is 4.79 Å². The molecule has 0 bridgehead atoms. The molecule has 0 aromatic heterocycles. The van der Waals surface area contributed by atoms with Crippen LogP contribution in [0, 0.1) is 0 Å². The van der Waals surface area contributed by atoms with Gasteiger partial charge >= 0.3 is 5.97 Å². The Morgan fingerprint density at radius 3 is 2.14 bits per heavy atom. The van der Waals surface area contributed by atoms with E-state index in [0.29, 0.717) is 5.75 Å². The lowest BCUT2D eigenvalue weighted by Gasteiger charge is -2.10. The smallest absolute Gasteiger partial charge is 0.341 e. The highest BCUT2D eigenvalue weighted by atomic mass is 32.2. The summed E-state index contributed by atoms with van der Waals surface area (Å²) >= 11 is 1.71. The van der Waals surface area contributed by atoms with E-state index < -0.39 is 5.97 Å². The molecule has 0 amide bonds. The van der Waals surface area contributed by atoms with Crippen LogP contribution in [0.1, 0.15) is 11.1 Å². The van der Waals surface area contributed by atoms with Crippen molar-refractivity contribution in [1.82, 2.24) is 0 Å². The number of thioether (sulfide) groups is 1. The van der Waals surface area contributed by atoms with Gasteiger partial charge < -0.3 is 14.6 Å². The standard InChI is InChI=1S/C24H22O4S/c1-27-20-9-7-19(8-10-20)23(18-5-3-2-4-6-18)15-16-29-22-13-11-21(12-14-22)28-17-24(25)26/h2-15H,16-17H2,1H3,(H,25,26). The van der Waals surface area contributed by atoms with Crippen LogP contribution in [0.15, 0.2) is 89.8 Å². The van der Waals surface area contributed by atoms with Crippen LogP contribution in [0.5, 0.6) is 11.5 Å². The van der Waals surface area contributed by atoms with Crippen molar-refractivity contribution in [2.24, 2.45) is 0 Å². The highest BCUT2D eigenvalue weighted by Gasteiger charge is 2.06. The predicted octanol–water partition coefficient (Wildman–Crippen LogP) is 5.38. The number of carboxylic acid groups (broad SMARTS) is 1. The second-order valence-electron chi connectivity index (χ2n) is 6.18. The lowest BCUT2D eigenvalue weighted by atomic mass is 9.98. The molecule has 3 aromatic rings. The van der Waals surface area contributed by atoms with Crippen LogP contribution in [-0.2, 0) is 4.79 Å². The molecular formula is C24H22O4S. The highest BCUT2D eigenvalue weighted by Crippen LogP contribution is 2.28. The van der Waals surface area contributed by atoms with E-state index in [9.17, 15) is 4.79 Å². The van der Waals surface area contributed by atoms with Crippen molar-refractivity contribution < 1.29 is 19.4 Å². The molecule has 0 radical (unpaired) electrons. The van der Waals surface area contributed by atoms with E-state index in [4.69, 9.17) is 14.6 Å². The summed E-state index contributed by atoms with van der Waals surface area (Å²) in [6.45, 7) is -0.336. The molecule has 29 heavy (non-hydrogen) atoms. The first-order valence-electron chi connectivity index (χ1n) is 9.13. The van der Waals surface area contributed by atoms with Crippen LogP contribution in [-0.4, -0.2) is 30.5 Å². The SMILES string of the molecule is COc1ccc(C(=CCSc2ccc(OCC(=O)O)cc2)c2ccccc2)cc1. The molecular weight excluding hydrogens is 384 g/mol. The third-order valence-electron chi connectivity index (χ3n) is 4.21. The van der Waals surface area contributed by atoms with Crippen molar-refractivity contribution in [3.8, 4) is 11.5 Å². The Morgan fingerprint density at radius 1 is 0.897 bits per heavy atom. The van der Waals surface area contributed by atoms with Crippen LogP contribution >= 0.6 is 11.8 Å². The summed E-state index contributed by atoms with van der Waals surface area (Å²) in [5, 5.41) is 8.67. The predicted molar refractivity (Wildman–Crippen MR) is 117 cm³/mol. The number of hydrogen-bond acceptors (Lipinski definition) is 4. The minimum absolute atomic E-state index is 0.336. The van der Waals surface area contributed by atoms with Gasteiger partial charge in [-0.3, -0.25) is 0 Å². The maximum absolute atomic E-state index is 10.6. The van der Waals surface area contributed by atoms with E-state index in [-0.39, 0.29) is 6.61 Å². The van der Waals surface area contributed by atoms with Crippen LogP contribution in [0.3, 0.4) is 0 Å². The molecule has 5 heteroatoms. The van der Waals surface area contributed by atoms with Crippen LogP contribution in [0.25, 0.3) is 5.57 Å². The Bertz CT molecular complexity index is 948. The van der Waals surface area contributed by atoms with Gasteiger partial charge in [-0.15, -0.1) is 11.8 Å². The van der Waals surface area contributed by atoms with Crippen molar-refractivity contribution in [2.45, 2.75) is 4.90 Å². The molecule has 0 unspecified atom stereocenters. The maximum atomic E-state index is 10.6. The Kier molecular flexibility index (Phi) is 7.36. The average Bonchev–Trinajstić information content (AvgIpc) is 2.77. The van der Waals surface area contributed by atoms with Gasteiger partial charge in [-0.1, -0.05) is 48.5 Å². The van der Waals surface area contributed by atoms with Crippen LogP contribution in [0.2, 0.25) is 0 Å². The van der Waals surface area contributed by atoms with Gasteiger partial charge in [-0.2, -0.15) is 0 Å². The highest BCUT2D eigenvalue weighted by molar-refractivity contribution is 7.99. The zero-order valence-corrected chi connectivity index (χ0v) is 16.9. The fraction of sp³-hybridized carbons (Fsp3) is 0.125. The molecule has 148 valence electrons. The van der Waals surface area contributed by atoms with Gasteiger partial charge in [-0.05, 0) is 53.1 Å². The van der Waals surface area contributed by atoms with E-state index in [1.165, 1.54) is 5.57 Å². The topological polar surface area (TPSA) is 55.8 Å². The van der Waals surface area contributed by atoms with Crippen LogP contribution < -0.4 is 9.47 Å². The third-order valence-corrected chi connectivity index (χ3v) is 5.15. The summed E-state index contributed by atoms with van der Waals surface area (Å²) in [4.78, 5) is 11.7. The van der Waals surface area contributed by atoms with Gasteiger partial charge in [0.15, 0.2) is 6.61 Å². The van der Waals surface area contributed by atoms with E-state index in [1.54, 1.807) is 31.0 Å². The van der Waals surface area contributed by atoms with Crippen LogP contribution in [0.4, 0.5) is 0 Å². The van der Waals surface area contributed by atoms with Crippen molar-refractivity contribution in [3.63, 3.8) is 0 Å². The normalized spacial score (nSPS) is 11.1. The number of hydrogen-bond donors (Lipinski definition) is 1. The molecule has 3 rings (SSSR count). The van der Waals surface area contributed by atoms with Gasteiger partial charge in [0.05, 0.1) is 7.11 Å². The minimum atomic E-state index is -0.986. The van der Waals surface area contributed by atoms with E-state index >= 15 is 0 Å². The largest absolute Gasteiger partial charge is 0.497 e. The van der Waals surface area contributed by atoms with Gasteiger partial charge in [0.1, 0.15) is 11.5 Å². The lowest BCUT2D eigenvalue weighted by molar-refractivity contribution is -0.139. The van der Waals surface area contributed by atoms with E-state index in [0.717, 1.165) is 27.5 Å². The number of benzene rings is 3. The molecule has 0 aliphatic rings. The summed E-state index contributed by atoms with van der Waals surface area (Å²) in [6.07, 6.45) is 2.22. The van der Waals surface area contributed by atoms with Crippen molar-refractivity contribution in [2.75, 3.05) is 19.5 Å². The Labute approximate surface area is 174 Å². The first-order valence-corrected chi connectivity index (χ1v) is 10.1. The number of rotatable bonds is 9. The molecule has 0 heterocycles. The molecule has 4 nitrogen and oxygen atoms in total. The summed E-state index contributed by atoms with van der Waals surface area (Å²) in [6, 6.07) is 25.8. The lowest BCUT2D eigenvalue weighted by Crippen LogP contribution is -2.09. The zero-order valence-electron chi connectivity index (χ0n) is 16.1. The first-order chi connectivity index (χ1) is 14.2. The number of methoxy groups -OCH3 is 1. The van der Waals surface area contributed by atoms with E-state index in [2.05, 4.69) is 30.3 Å². The molecule has 3 aromatic carbocycles. The second kappa shape index (κ2) is 10.4. The fourth-order valence-electron chi connectivity index (χ4n) is 2.79. The molecule has 0 fully saturated rings. The summed E-state index contributed by atoms with van der Waals surface area (Å²) < 4.78 is 10.4. The van der Waals surface area contributed by atoms with Gasteiger partial charge in [0.2, 0.25) is 0 Å². The molecule has 0 atom stereocenters. The molecule has 1 N–H and O–H groups in total.